The highest BCUT2D eigenvalue weighted by Crippen LogP contribution is 2.32. The molecule has 3 heteroatoms. The molecule has 0 bridgehead atoms. The minimum atomic E-state index is 0.299. The Morgan fingerprint density at radius 3 is 2.94 bits per heavy atom. The molecule has 0 aromatic rings. The first-order chi connectivity index (χ1) is 8.33. The summed E-state index contributed by atoms with van der Waals surface area (Å²) in [4.78, 5) is 14.4. The second kappa shape index (κ2) is 6.16. The van der Waals surface area contributed by atoms with E-state index in [1.807, 2.05) is 0 Å². The van der Waals surface area contributed by atoms with Crippen molar-refractivity contribution in [1.29, 1.82) is 5.26 Å². The van der Waals surface area contributed by atoms with Crippen LogP contribution in [0, 0.1) is 17.2 Å². The molecule has 0 radical (unpaired) electrons. The number of likely N-dealkylation sites (tertiary alicyclic amines) is 1. The molecular formula is C14H22N2O. The fraction of sp³-hybridized carbons (Fsp3) is 0.857. The van der Waals surface area contributed by atoms with Gasteiger partial charge >= 0.3 is 0 Å². The smallest absolute Gasteiger partial charge is 0.137 e. The highest BCUT2D eigenvalue weighted by atomic mass is 16.1. The van der Waals surface area contributed by atoms with Gasteiger partial charge in [-0.25, -0.2) is 0 Å². The summed E-state index contributed by atoms with van der Waals surface area (Å²) in [6, 6.07) is 2.69. The van der Waals surface area contributed by atoms with Gasteiger partial charge in [0.15, 0.2) is 0 Å². The van der Waals surface area contributed by atoms with Gasteiger partial charge < -0.3 is 0 Å². The molecule has 2 atom stereocenters. The van der Waals surface area contributed by atoms with Crippen molar-refractivity contribution in [3.63, 3.8) is 0 Å². The van der Waals surface area contributed by atoms with Crippen LogP contribution in [-0.2, 0) is 4.79 Å². The zero-order chi connectivity index (χ0) is 12.1. The van der Waals surface area contributed by atoms with E-state index in [9.17, 15) is 4.79 Å². The number of rotatable bonds is 4. The van der Waals surface area contributed by atoms with Gasteiger partial charge in [-0.05, 0) is 45.2 Å². The third kappa shape index (κ3) is 3.07. The Kier molecular flexibility index (Phi) is 4.56. The summed E-state index contributed by atoms with van der Waals surface area (Å²) in [6.07, 6.45) is 8.21. The van der Waals surface area contributed by atoms with Crippen molar-refractivity contribution in [3.05, 3.63) is 0 Å². The number of unbranched alkanes of at least 4 members (excludes halogenated alkanes) is 1. The van der Waals surface area contributed by atoms with Crippen molar-refractivity contribution < 1.29 is 4.79 Å². The highest BCUT2D eigenvalue weighted by Gasteiger charge is 2.36. The summed E-state index contributed by atoms with van der Waals surface area (Å²) in [5, 5.41) is 8.57. The summed E-state index contributed by atoms with van der Waals surface area (Å²) in [7, 11) is 0. The lowest BCUT2D eigenvalue weighted by Gasteiger charge is -2.32. The van der Waals surface area contributed by atoms with Gasteiger partial charge in [-0.15, -0.1) is 0 Å². The molecule has 2 unspecified atom stereocenters. The Bertz CT molecular complexity index is 308. The summed E-state index contributed by atoms with van der Waals surface area (Å²) in [5.41, 5.74) is 0. The molecule has 0 spiro atoms. The van der Waals surface area contributed by atoms with Crippen LogP contribution in [0.3, 0.4) is 0 Å². The summed E-state index contributed by atoms with van der Waals surface area (Å²) < 4.78 is 0. The third-order valence-corrected chi connectivity index (χ3v) is 4.21. The van der Waals surface area contributed by atoms with Gasteiger partial charge in [0.05, 0.1) is 6.07 Å². The average Bonchev–Trinajstić information content (AvgIpc) is 2.78. The Morgan fingerprint density at radius 1 is 1.29 bits per heavy atom. The molecule has 1 aliphatic heterocycles. The van der Waals surface area contributed by atoms with E-state index in [1.54, 1.807) is 0 Å². The molecule has 1 heterocycles. The molecular weight excluding hydrogens is 212 g/mol. The van der Waals surface area contributed by atoms with E-state index >= 15 is 0 Å². The van der Waals surface area contributed by atoms with Gasteiger partial charge in [-0.3, -0.25) is 9.69 Å². The van der Waals surface area contributed by atoms with Gasteiger partial charge in [0.25, 0.3) is 0 Å². The van der Waals surface area contributed by atoms with Crippen LogP contribution in [0.15, 0.2) is 0 Å². The molecule has 1 saturated heterocycles. The zero-order valence-corrected chi connectivity index (χ0v) is 10.5. The molecule has 94 valence electrons. The molecule has 2 rings (SSSR count). The van der Waals surface area contributed by atoms with Crippen molar-refractivity contribution in [3.8, 4) is 6.07 Å². The Balaban J connectivity index is 1.89. The van der Waals surface area contributed by atoms with Crippen molar-refractivity contribution in [1.82, 2.24) is 4.90 Å². The van der Waals surface area contributed by atoms with Gasteiger partial charge in [0.1, 0.15) is 5.78 Å². The van der Waals surface area contributed by atoms with Crippen LogP contribution in [0.5, 0.6) is 0 Å². The molecule has 2 fully saturated rings. The van der Waals surface area contributed by atoms with Crippen LogP contribution < -0.4 is 0 Å². The van der Waals surface area contributed by atoms with Crippen LogP contribution in [-0.4, -0.2) is 29.8 Å². The van der Waals surface area contributed by atoms with E-state index in [1.165, 1.54) is 19.3 Å². The number of hydrogen-bond acceptors (Lipinski definition) is 3. The normalized spacial score (nSPS) is 30.4. The Hall–Kier alpha value is -0.880. The predicted octanol–water partition coefficient (Wildman–Crippen LogP) is 2.51. The predicted molar refractivity (Wildman–Crippen MR) is 66.4 cm³/mol. The number of Topliss-reactive ketones (excluding diaryl/α,β-unsaturated/α-hetero) is 1. The second-order valence-electron chi connectivity index (χ2n) is 5.33. The molecule has 0 N–H and O–H groups in total. The fourth-order valence-electron chi connectivity index (χ4n) is 3.36. The molecule has 0 aromatic carbocycles. The minimum absolute atomic E-state index is 0.299. The van der Waals surface area contributed by atoms with E-state index in [4.69, 9.17) is 5.26 Å². The molecule has 3 nitrogen and oxygen atoms in total. The molecule has 2 aliphatic rings. The summed E-state index contributed by atoms with van der Waals surface area (Å²) >= 11 is 0. The number of nitrogens with zero attached hydrogens (tertiary/aromatic N) is 2. The zero-order valence-electron chi connectivity index (χ0n) is 10.5. The van der Waals surface area contributed by atoms with Crippen molar-refractivity contribution in [2.45, 2.75) is 57.4 Å². The number of carbonyl (C=O) groups excluding carboxylic acids is 1. The number of nitriles is 1. The highest BCUT2D eigenvalue weighted by molar-refractivity contribution is 5.82. The third-order valence-electron chi connectivity index (χ3n) is 4.21. The largest absolute Gasteiger partial charge is 0.300 e. The first kappa shape index (κ1) is 12.6. The van der Waals surface area contributed by atoms with Crippen LogP contribution in [0.25, 0.3) is 0 Å². The molecule has 1 aliphatic carbocycles. The van der Waals surface area contributed by atoms with Crippen LogP contribution >= 0.6 is 0 Å². The maximum absolute atomic E-state index is 12.0. The maximum atomic E-state index is 12.0. The first-order valence-electron chi connectivity index (χ1n) is 6.96. The minimum Gasteiger partial charge on any atom is -0.300 e. The van der Waals surface area contributed by atoms with Gasteiger partial charge in [0.2, 0.25) is 0 Å². The lowest BCUT2D eigenvalue weighted by atomic mass is 9.82. The number of ketones is 1. The van der Waals surface area contributed by atoms with Gasteiger partial charge in [0, 0.05) is 24.8 Å². The van der Waals surface area contributed by atoms with Gasteiger partial charge in [-0.2, -0.15) is 5.26 Å². The van der Waals surface area contributed by atoms with E-state index in [-0.39, 0.29) is 0 Å². The van der Waals surface area contributed by atoms with E-state index in [2.05, 4.69) is 11.0 Å². The Labute approximate surface area is 104 Å². The summed E-state index contributed by atoms with van der Waals surface area (Å²) in [5.74, 6) is 0.793. The Morgan fingerprint density at radius 2 is 2.18 bits per heavy atom. The second-order valence-corrected chi connectivity index (χ2v) is 5.33. The van der Waals surface area contributed by atoms with E-state index in [0.717, 1.165) is 38.8 Å². The fourth-order valence-corrected chi connectivity index (χ4v) is 3.36. The van der Waals surface area contributed by atoms with Crippen LogP contribution in [0.1, 0.15) is 51.4 Å². The molecule has 0 amide bonds. The van der Waals surface area contributed by atoms with Crippen molar-refractivity contribution >= 4 is 5.78 Å². The van der Waals surface area contributed by atoms with E-state index in [0.29, 0.717) is 24.2 Å². The summed E-state index contributed by atoms with van der Waals surface area (Å²) in [6.45, 7) is 2.13. The molecule has 1 saturated carbocycles. The number of hydrogen-bond donors (Lipinski definition) is 0. The first-order valence-corrected chi connectivity index (χ1v) is 6.96. The number of carbonyl (C=O) groups is 1. The maximum Gasteiger partial charge on any atom is 0.137 e. The topological polar surface area (TPSA) is 44.1 Å². The SMILES string of the molecule is N#CCCCN1CCCC1C1CCCCC1=O. The monoisotopic (exact) mass is 234 g/mol. The average molecular weight is 234 g/mol. The quantitative estimate of drug-likeness (QED) is 0.702. The molecule has 17 heavy (non-hydrogen) atoms. The van der Waals surface area contributed by atoms with Crippen molar-refractivity contribution in [2.24, 2.45) is 5.92 Å². The lowest BCUT2D eigenvalue weighted by Crippen LogP contribution is -2.41. The van der Waals surface area contributed by atoms with Crippen LogP contribution in [0.4, 0.5) is 0 Å². The van der Waals surface area contributed by atoms with Gasteiger partial charge in [-0.1, -0.05) is 6.42 Å². The standard InChI is InChI=1S/C14H22N2O/c15-9-3-4-10-16-11-5-7-13(16)12-6-1-2-8-14(12)17/h12-13H,1-8,10-11H2. The van der Waals surface area contributed by atoms with Crippen molar-refractivity contribution in [2.75, 3.05) is 13.1 Å². The van der Waals surface area contributed by atoms with Crippen LogP contribution in [0.2, 0.25) is 0 Å². The lowest BCUT2D eigenvalue weighted by molar-refractivity contribution is -0.126. The molecule has 0 aromatic heterocycles. The van der Waals surface area contributed by atoms with E-state index < -0.39 is 0 Å².